The molecule has 0 spiro atoms. The van der Waals surface area contributed by atoms with Gasteiger partial charge >= 0.3 is 0 Å². The Kier molecular flexibility index (Phi) is 4.32. The van der Waals surface area contributed by atoms with Crippen molar-refractivity contribution in [1.29, 1.82) is 5.26 Å². The van der Waals surface area contributed by atoms with Gasteiger partial charge in [0.05, 0.1) is 6.54 Å². The molecular formula is C15H18N4. The highest BCUT2D eigenvalue weighted by Gasteiger charge is 2.08. The van der Waals surface area contributed by atoms with Gasteiger partial charge < -0.3 is 10.3 Å². The summed E-state index contributed by atoms with van der Waals surface area (Å²) < 4.78 is 2.13. The minimum Gasteiger partial charge on any atom is -0.347 e. The number of nitriles is 1. The SMILES string of the molecule is CCC(N)Cc1cccn1Cc1cccnc1C#N. The van der Waals surface area contributed by atoms with E-state index in [1.54, 1.807) is 6.20 Å². The number of pyridine rings is 1. The Bertz CT molecular complexity index is 580. The first-order valence-corrected chi connectivity index (χ1v) is 6.48. The van der Waals surface area contributed by atoms with Crippen LogP contribution in [0.15, 0.2) is 36.7 Å². The topological polar surface area (TPSA) is 67.6 Å². The van der Waals surface area contributed by atoms with Crippen molar-refractivity contribution in [3.05, 3.63) is 53.6 Å². The van der Waals surface area contributed by atoms with Gasteiger partial charge in [0.1, 0.15) is 11.8 Å². The van der Waals surface area contributed by atoms with Gasteiger partial charge in [0.2, 0.25) is 0 Å². The Morgan fingerprint density at radius 3 is 3.00 bits per heavy atom. The maximum Gasteiger partial charge on any atom is 0.145 e. The summed E-state index contributed by atoms with van der Waals surface area (Å²) in [6.45, 7) is 2.75. The molecule has 2 aromatic heterocycles. The zero-order valence-corrected chi connectivity index (χ0v) is 11.1. The average Bonchev–Trinajstić information content (AvgIpc) is 2.86. The molecule has 2 heterocycles. The van der Waals surface area contributed by atoms with Gasteiger partial charge in [0.25, 0.3) is 0 Å². The second-order valence-corrected chi connectivity index (χ2v) is 4.62. The summed E-state index contributed by atoms with van der Waals surface area (Å²) >= 11 is 0. The summed E-state index contributed by atoms with van der Waals surface area (Å²) in [6.07, 6.45) is 5.48. The second-order valence-electron chi connectivity index (χ2n) is 4.62. The number of rotatable bonds is 5. The van der Waals surface area contributed by atoms with Crippen molar-refractivity contribution in [3.63, 3.8) is 0 Å². The quantitative estimate of drug-likeness (QED) is 0.888. The van der Waals surface area contributed by atoms with Crippen LogP contribution in [0.25, 0.3) is 0 Å². The normalized spacial score (nSPS) is 12.1. The van der Waals surface area contributed by atoms with Gasteiger partial charge in [-0.25, -0.2) is 4.98 Å². The maximum atomic E-state index is 9.06. The highest BCUT2D eigenvalue weighted by Crippen LogP contribution is 2.12. The standard InChI is InChI=1S/C15H18N4/c1-2-13(17)9-14-6-4-8-19(14)11-12-5-3-7-18-15(12)10-16/h3-8,13H,2,9,11,17H2,1H3. The van der Waals surface area contributed by atoms with E-state index in [0.29, 0.717) is 12.2 Å². The lowest BCUT2D eigenvalue weighted by atomic mass is 10.1. The summed E-state index contributed by atoms with van der Waals surface area (Å²) in [6, 6.07) is 10.2. The van der Waals surface area contributed by atoms with Crippen LogP contribution >= 0.6 is 0 Å². The molecule has 4 heteroatoms. The number of nitrogens with zero attached hydrogens (tertiary/aromatic N) is 3. The van der Waals surface area contributed by atoms with Gasteiger partial charge in [-0.15, -0.1) is 0 Å². The predicted octanol–water partition coefficient (Wildman–Crippen LogP) is 2.08. The fourth-order valence-electron chi connectivity index (χ4n) is 2.05. The minimum atomic E-state index is 0.179. The van der Waals surface area contributed by atoms with Crippen LogP contribution in [0.2, 0.25) is 0 Å². The molecule has 2 rings (SSSR count). The molecule has 0 aliphatic rings. The van der Waals surface area contributed by atoms with Crippen molar-refractivity contribution in [2.75, 3.05) is 0 Å². The summed E-state index contributed by atoms with van der Waals surface area (Å²) in [5.74, 6) is 0. The molecule has 0 aliphatic carbocycles. The Hall–Kier alpha value is -2.12. The molecule has 2 aromatic rings. The minimum absolute atomic E-state index is 0.179. The second kappa shape index (κ2) is 6.17. The molecule has 19 heavy (non-hydrogen) atoms. The van der Waals surface area contributed by atoms with E-state index in [-0.39, 0.29) is 6.04 Å². The highest BCUT2D eigenvalue weighted by atomic mass is 15.0. The fourth-order valence-corrected chi connectivity index (χ4v) is 2.05. The molecule has 1 unspecified atom stereocenters. The Morgan fingerprint density at radius 1 is 1.42 bits per heavy atom. The first kappa shape index (κ1) is 13.3. The van der Waals surface area contributed by atoms with E-state index < -0.39 is 0 Å². The fraction of sp³-hybridized carbons (Fsp3) is 0.333. The number of aromatic nitrogens is 2. The van der Waals surface area contributed by atoms with E-state index in [1.807, 2.05) is 24.4 Å². The Labute approximate surface area is 113 Å². The molecule has 2 N–H and O–H groups in total. The lowest BCUT2D eigenvalue weighted by Crippen LogP contribution is -2.23. The zero-order chi connectivity index (χ0) is 13.7. The van der Waals surface area contributed by atoms with Gasteiger partial charge in [-0.3, -0.25) is 0 Å². The Morgan fingerprint density at radius 2 is 2.26 bits per heavy atom. The van der Waals surface area contributed by atoms with E-state index in [9.17, 15) is 0 Å². The zero-order valence-electron chi connectivity index (χ0n) is 11.1. The van der Waals surface area contributed by atoms with Crippen LogP contribution < -0.4 is 5.73 Å². The van der Waals surface area contributed by atoms with Crippen LogP contribution in [0.4, 0.5) is 0 Å². The molecule has 4 nitrogen and oxygen atoms in total. The molecule has 0 fully saturated rings. The van der Waals surface area contributed by atoms with E-state index in [2.05, 4.69) is 28.6 Å². The molecule has 0 saturated carbocycles. The first-order valence-electron chi connectivity index (χ1n) is 6.48. The van der Waals surface area contributed by atoms with Crippen LogP contribution in [-0.2, 0) is 13.0 Å². The Balaban J connectivity index is 2.20. The van der Waals surface area contributed by atoms with E-state index in [4.69, 9.17) is 11.0 Å². The predicted molar refractivity (Wildman–Crippen MR) is 74.5 cm³/mol. The molecule has 0 aliphatic heterocycles. The largest absolute Gasteiger partial charge is 0.347 e. The summed E-state index contributed by atoms with van der Waals surface area (Å²) in [4.78, 5) is 4.09. The van der Waals surface area contributed by atoms with Crippen LogP contribution in [0.3, 0.4) is 0 Å². The van der Waals surface area contributed by atoms with Crippen LogP contribution in [0, 0.1) is 11.3 Å². The van der Waals surface area contributed by atoms with Gasteiger partial charge in [-0.05, 0) is 24.6 Å². The molecule has 1 atom stereocenters. The molecular weight excluding hydrogens is 236 g/mol. The third-order valence-corrected chi connectivity index (χ3v) is 3.26. The van der Waals surface area contributed by atoms with Crippen LogP contribution in [0.5, 0.6) is 0 Å². The first-order chi connectivity index (χ1) is 9.24. The third-order valence-electron chi connectivity index (χ3n) is 3.26. The van der Waals surface area contributed by atoms with Crippen molar-refractivity contribution in [2.45, 2.75) is 32.4 Å². The molecule has 0 bridgehead atoms. The number of nitrogens with two attached hydrogens (primary N) is 1. The highest BCUT2D eigenvalue weighted by molar-refractivity contribution is 5.31. The van der Waals surface area contributed by atoms with Gasteiger partial charge in [-0.2, -0.15) is 5.26 Å². The maximum absolute atomic E-state index is 9.06. The van der Waals surface area contributed by atoms with Crippen molar-refractivity contribution in [1.82, 2.24) is 9.55 Å². The van der Waals surface area contributed by atoms with Crippen molar-refractivity contribution in [3.8, 4) is 6.07 Å². The molecule has 0 amide bonds. The summed E-state index contributed by atoms with van der Waals surface area (Å²) in [7, 11) is 0. The van der Waals surface area contributed by atoms with Crippen molar-refractivity contribution in [2.24, 2.45) is 5.73 Å². The molecule has 0 saturated heterocycles. The summed E-state index contributed by atoms with van der Waals surface area (Å²) in [5, 5.41) is 9.06. The molecule has 0 aromatic carbocycles. The smallest absolute Gasteiger partial charge is 0.145 e. The molecule has 0 radical (unpaired) electrons. The van der Waals surface area contributed by atoms with Gasteiger partial charge in [-0.1, -0.05) is 13.0 Å². The molecule has 98 valence electrons. The average molecular weight is 254 g/mol. The lowest BCUT2D eigenvalue weighted by molar-refractivity contribution is 0.609. The van der Waals surface area contributed by atoms with Crippen molar-refractivity contribution < 1.29 is 0 Å². The van der Waals surface area contributed by atoms with E-state index >= 15 is 0 Å². The lowest BCUT2D eigenvalue weighted by Gasteiger charge is -2.13. The van der Waals surface area contributed by atoms with Crippen LogP contribution in [-0.4, -0.2) is 15.6 Å². The van der Waals surface area contributed by atoms with E-state index in [1.165, 1.54) is 5.69 Å². The van der Waals surface area contributed by atoms with E-state index in [0.717, 1.165) is 18.4 Å². The number of hydrogen-bond donors (Lipinski definition) is 1. The monoisotopic (exact) mass is 254 g/mol. The summed E-state index contributed by atoms with van der Waals surface area (Å²) in [5.41, 5.74) is 8.63. The number of hydrogen-bond acceptors (Lipinski definition) is 3. The van der Waals surface area contributed by atoms with Gasteiger partial charge in [0, 0.05) is 36.1 Å². The van der Waals surface area contributed by atoms with Gasteiger partial charge in [0.15, 0.2) is 0 Å². The van der Waals surface area contributed by atoms with Crippen LogP contribution in [0.1, 0.15) is 30.3 Å². The third kappa shape index (κ3) is 3.21. The van der Waals surface area contributed by atoms with Crippen molar-refractivity contribution >= 4 is 0 Å².